The molecule has 6 rings (SSSR count). The Morgan fingerprint density at radius 1 is 1.18 bits per heavy atom. The van der Waals surface area contributed by atoms with Crippen LogP contribution in [0.4, 0.5) is 6.01 Å². The molecular weight excluding hydrogens is 432 g/mol. The summed E-state index contributed by atoms with van der Waals surface area (Å²) in [5.74, 6) is 0.564. The second kappa shape index (κ2) is 7.42. The molecule has 2 aromatic carbocycles. The van der Waals surface area contributed by atoms with Gasteiger partial charge in [-0.2, -0.15) is 4.98 Å². The first-order chi connectivity index (χ1) is 15.9. The van der Waals surface area contributed by atoms with Crippen molar-refractivity contribution in [2.45, 2.75) is 33.2 Å². The average molecular weight is 459 g/mol. The second-order valence-corrected chi connectivity index (χ2v) is 10.7. The smallest absolute Gasteiger partial charge is 0.295 e. The topological polar surface area (TPSA) is 71.3 Å². The van der Waals surface area contributed by atoms with Crippen LogP contribution in [0, 0.1) is 25.2 Å². The largest absolute Gasteiger partial charge is 0.424 e. The number of rotatable bonds is 5. The summed E-state index contributed by atoms with van der Waals surface area (Å²) in [6, 6.07) is 16.5. The van der Waals surface area contributed by atoms with E-state index in [4.69, 9.17) is 9.40 Å². The summed E-state index contributed by atoms with van der Waals surface area (Å²) in [5, 5.41) is 4.28. The molecule has 3 heterocycles. The van der Waals surface area contributed by atoms with Crippen LogP contribution in [0.3, 0.4) is 0 Å². The Balaban J connectivity index is 1.28. The van der Waals surface area contributed by atoms with Gasteiger partial charge in [0.05, 0.1) is 15.9 Å². The molecule has 1 amide bonds. The number of anilines is 1. The third-order valence-electron chi connectivity index (χ3n) is 7.34. The van der Waals surface area contributed by atoms with E-state index in [-0.39, 0.29) is 17.4 Å². The number of hydrogen-bond donors (Lipinski definition) is 1. The van der Waals surface area contributed by atoms with E-state index in [0.717, 1.165) is 45.1 Å². The highest BCUT2D eigenvalue weighted by atomic mass is 32.1. The van der Waals surface area contributed by atoms with Crippen molar-refractivity contribution >= 4 is 34.4 Å². The third kappa shape index (κ3) is 3.33. The highest BCUT2D eigenvalue weighted by molar-refractivity contribution is 7.15. The number of hydrogen-bond acceptors (Lipinski definition) is 6. The van der Waals surface area contributed by atoms with Gasteiger partial charge in [0.2, 0.25) is 0 Å². The molecule has 3 atom stereocenters. The molecule has 4 aromatic rings. The Hall–Kier alpha value is -3.19. The number of nitrogens with zero attached hydrogens (tertiary/aromatic N) is 3. The molecule has 2 aromatic heterocycles. The zero-order chi connectivity index (χ0) is 22.7. The lowest BCUT2D eigenvalue weighted by Crippen LogP contribution is -2.45. The van der Waals surface area contributed by atoms with E-state index in [2.05, 4.69) is 36.3 Å². The number of aryl methyl sites for hydroxylation is 2. The molecule has 1 saturated carbocycles. The average Bonchev–Trinajstić information content (AvgIpc) is 3.12. The molecule has 168 valence electrons. The van der Waals surface area contributed by atoms with E-state index < -0.39 is 0 Å². The van der Waals surface area contributed by atoms with Crippen molar-refractivity contribution in [3.8, 4) is 10.4 Å². The second-order valence-electron chi connectivity index (χ2n) is 9.47. The first-order valence-electron chi connectivity index (χ1n) is 11.4. The van der Waals surface area contributed by atoms with Gasteiger partial charge in [0.25, 0.3) is 11.9 Å². The van der Waals surface area contributed by atoms with Gasteiger partial charge in [-0.25, -0.2) is 4.98 Å². The minimum Gasteiger partial charge on any atom is -0.424 e. The fraction of sp³-hybridized carbons (Fsp3) is 0.346. The number of piperidine rings is 1. The van der Waals surface area contributed by atoms with Gasteiger partial charge in [0, 0.05) is 13.1 Å². The number of benzene rings is 2. The standard InChI is InChI=1S/C26H26N4O2S/c1-15-8-4-5-9-18(15)23-22(28-16(2)33-23)24(31)30-14-17-12-26(17,3)21(30)13-27-25-29-19-10-6-7-11-20(19)32-25/h4-11,17,21H,12-14H2,1-3H3,(H,27,29)/t17-,21-,26-/m1/s1. The Bertz CT molecular complexity index is 1340. The van der Waals surface area contributed by atoms with Crippen LogP contribution in [-0.2, 0) is 0 Å². The molecule has 1 N–H and O–H groups in total. The Morgan fingerprint density at radius 2 is 1.97 bits per heavy atom. The lowest BCUT2D eigenvalue weighted by Gasteiger charge is -2.30. The van der Waals surface area contributed by atoms with Crippen molar-refractivity contribution < 1.29 is 9.21 Å². The number of oxazole rings is 1. The number of nitrogens with one attached hydrogen (secondary N) is 1. The molecule has 0 radical (unpaired) electrons. The quantitative estimate of drug-likeness (QED) is 0.426. The van der Waals surface area contributed by atoms with E-state index in [0.29, 0.717) is 24.2 Å². The van der Waals surface area contributed by atoms with E-state index in [1.54, 1.807) is 11.3 Å². The minimum atomic E-state index is 0.0235. The van der Waals surface area contributed by atoms with Gasteiger partial charge in [-0.05, 0) is 54.9 Å². The number of para-hydroxylation sites is 2. The van der Waals surface area contributed by atoms with Crippen molar-refractivity contribution in [2.24, 2.45) is 11.3 Å². The van der Waals surface area contributed by atoms with Crippen LogP contribution >= 0.6 is 11.3 Å². The number of fused-ring (bicyclic) bond motifs is 2. The summed E-state index contributed by atoms with van der Waals surface area (Å²) in [7, 11) is 0. The number of carbonyl (C=O) groups excluding carboxylic acids is 1. The number of carbonyl (C=O) groups is 1. The first-order valence-corrected chi connectivity index (χ1v) is 12.2. The van der Waals surface area contributed by atoms with Crippen LogP contribution in [0.15, 0.2) is 52.9 Å². The van der Waals surface area contributed by atoms with Gasteiger partial charge in [-0.1, -0.05) is 43.3 Å². The number of aromatic nitrogens is 2. The first kappa shape index (κ1) is 20.4. The van der Waals surface area contributed by atoms with E-state index in [1.807, 2.05) is 48.2 Å². The lowest BCUT2D eigenvalue weighted by molar-refractivity contribution is 0.0687. The molecule has 1 aliphatic carbocycles. The molecule has 0 unspecified atom stereocenters. The Morgan fingerprint density at radius 3 is 2.79 bits per heavy atom. The van der Waals surface area contributed by atoms with Gasteiger partial charge < -0.3 is 14.6 Å². The summed E-state index contributed by atoms with van der Waals surface area (Å²) in [6.45, 7) is 7.72. The summed E-state index contributed by atoms with van der Waals surface area (Å²) < 4.78 is 5.85. The maximum atomic E-state index is 13.8. The number of likely N-dealkylation sites (tertiary alicyclic amines) is 1. The molecule has 0 spiro atoms. The summed E-state index contributed by atoms with van der Waals surface area (Å²) in [4.78, 5) is 26.1. The van der Waals surface area contributed by atoms with E-state index in [1.165, 1.54) is 0 Å². The maximum absolute atomic E-state index is 13.8. The molecule has 33 heavy (non-hydrogen) atoms. The van der Waals surface area contributed by atoms with Gasteiger partial charge in [0.1, 0.15) is 11.2 Å². The molecule has 7 heteroatoms. The van der Waals surface area contributed by atoms with Crippen molar-refractivity contribution in [2.75, 3.05) is 18.4 Å². The zero-order valence-electron chi connectivity index (χ0n) is 19.0. The zero-order valence-corrected chi connectivity index (χ0v) is 19.8. The molecule has 0 bridgehead atoms. The minimum absolute atomic E-state index is 0.0235. The van der Waals surface area contributed by atoms with Crippen LogP contribution < -0.4 is 5.32 Å². The SMILES string of the molecule is Cc1nc(C(=O)N2C[C@H]3C[C@@]3(C)[C@H]2CNc2nc3ccccc3o2)c(-c2ccccc2C)s1. The Kier molecular flexibility index (Phi) is 4.59. The molecule has 2 fully saturated rings. The maximum Gasteiger partial charge on any atom is 0.295 e. The lowest BCUT2D eigenvalue weighted by atomic mass is 9.98. The van der Waals surface area contributed by atoms with E-state index in [9.17, 15) is 4.79 Å². The summed E-state index contributed by atoms with van der Waals surface area (Å²) in [6.07, 6.45) is 1.15. The van der Waals surface area contributed by atoms with Crippen LogP contribution in [-0.4, -0.2) is 39.9 Å². The van der Waals surface area contributed by atoms with Crippen LogP contribution in [0.5, 0.6) is 0 Å². The molecule has 1 aliphatic heterocycles. The summed E-state index contributed by atoms with van der Waals surface area (Å²) in [5.41, 5.74) is 4.53. The van der Waals surface area contributed by atoms with Crippen molar-refractivity contribution in [3.05, 3.63) is 64.8 Å². The van der Waals surface area contributed by atoms with E-state index >= 15 is 0 Å². The predicted molar refractivity (Wildman–Crippen MR) is 131 cm³/mol. The van der Waals surface area contributed by atoms with Crippen LogP contribution in [0.2, 0.25) is 0 Å². The predicted octanol–water partition coefficient (Wildman–Crippen LogP) is 5.53. The fourth-order valence-electron chi connectivity index (χ4n) is 5.29. The van der Waals surface area contributed by atoms with Crippen molar-refractivity contribution in [1.29, 1.82) is 0 Å². The molecule has 1 saturated heterocycles. The monoisotopic (exact) mass is 458 g/mol. The molecule has 2 aliphatic rings. The summed E-state index contributed by atoms with van der Waals surface area (Å²) >= 11 is 1.59. The van der Waals surface area contributed by atoms with Crippen LogP contribution in [0.1, 0.15) is 34.4 Å². The fourth-order valence-corrected chi connectivity index (χ4v) is 6.29. The van der Waals surface area contributed by atoms with Crippen molar-refractivity contribution in [1.82, 2.24) is 14.9 Å². The molecular formula is C26H26N4O2S. The Labute approximate surface area is 196 Å². The van der Waals surface area contributed by atoms with Crippen LogP contribution in [0.25, 0.3) is 21.5 Å². The van der Waals surface area contributed by atoms with Crippen molar-refractivity contribution in [3.63, 3.8) is 0 Å². The van der Waals surface area contributed by atoms with Gasteiger partial charge in [-0.3, -0.25) is 4.79 Å². The number of thiazole rings is 1. The molecule has 6 nitrogen and oxygen atoms in total. The normalized spacial score (nSPS) is 23.7. The van der Waals surface area contributed by atoms with Gasteiger partial charge in [-0.15, -0.1) is 11.3 Å². The van der Waals surface area contributed by atoms with Gasteiger partial charge in [0.15, 0.2) is 5.58 Å². The van der Waals surface area contributed by atoms with Gasteiger partial charge >= 0.3 is 0 Å². The highest BCUT2D eigenvalue weighted by Crippen LogP contribution is 2.61. The third-order valence-corrected chi connectivity index (χ3v) is 8.35. The highest BCUT2D eigenvalue weighted by Gasteiger charge is 2.63. The number of amides is 1.